The smallest absolute Gasteiger partial charge is 0.218 e. The Balaban J connectivity index is 1.24. The number of methoxy groups -OCH3 is 1. The number of ether oxygens (including phenoxy) is 1. The van der Waals surface area contributed by atoms with Crippen molar-refractivity contribution in [1.82, 2.24) is 24.6 Å². The lowest BCUT2D eigenvalue weighted by atomic mass is 10.0. The van der Waals surface area contributed by atoms with Gasteiger partial charge in [0.1, 0.15) is 12.1 Å². The second-order valence-electron chi connectivity index (χ2n) is 8.36. The molecule has 2 aromatic heterocycles. The number of fused-ring (bicyclic) bond motifs is 1. The van der Waals surface area contributed by atoms with Gasteiger partial charge in [-0.05, 0) is 44.9 Å². The van der Waals surface area contributed by atoms with Gasteiger partial charge in [0.25, 0.3) is 0 Å². The van der Waals surface area contributed by atoms with Crippen molar-refractivity contribution in [3.63, 3.8) is 0 Å². The fourth-order valence-corrected chi connectivity index (χ4v) is 4.82. The second-order valence-corrected chi connectivity index (χ2v) is 8.36. The second kappa shape index (κ2) is 7.70. The predicted octanol–water partition coefficient (Wildman–Crippen LogP) is 2.65. The molecule has 3 aliphatic rings. The highest BCUT2D eigenvalue weighted by Gasteiger charge is 2.36. The van der Waals surface area contributed by atoms with E-state index in [4.69, 9.17) is 4.74 Å². The quantitative estimate of drug-likeness (QED) is 0.766. The first-order chi connectivity index (χ1) is 13.8. The molecular formula is C21H30N6O. The third-order valence-electron chi connectivity index (χ3n) is 6.45. The Morgan fingerprint density at radius 1 is 1.07 bits per heavy atom. The van der Waals surface area contributed by atoms with Gasteiger partial charge in [-0.2, -0.15) is 5.10 Å². The number of hydrogen-bond acceptors (Lipinski definition) is 6. The highest BCUT2D eigenvalue weighted by Crippen LogP contribution is 2.36. The summed E-state index contributed by atoms with van der Waals surface area (Å²) >= 11 is 0. The van der Waals surface area contributed by atoms with E-state index in [1.54, 1.807) is 13.4 Å². The zero-order valence-corrected chi connectivity index (χ0v) is 16.8. The highest BCUT2D eigenvalue weighted by atomic mass is 16.5. The van der Waals surface area contributed by atoms with Crippen LogP contribution in [-0.4, -0.2) is 56.9 Å². The fourth-order valence-electron chi connectivity index (χ4n) is 4.82. The summed E-state index contributed by atoms with van der Waals surface area (Å²) in [6, 6.07) is 3.19. The number of piperidine rings is 1. The molecule has 0 bridgehead atoms. The first-order valence-electron chi connectivity index (χ1n) is 10.7. The molecule has 4 heterocycles. The molecule has 5 rings (SSSR count). The molecule has 1 aliphatic carbocycles. The van der Waals surface area contributed by atoms with Crippen LogP contribution in [0.4, 0.5) is 5.82 Å². The van der Waals surface area contributed by atoms with E-state index in [1.807, 2.05) is 6.07 Å². The molecule has 0 radical (unpaired) electrons. The van der Waals surface area contributed by atoms with E-state index < -0.39 is 0 Å². The van der Waals surface area contributed by atoms with Crippen molar-refractivity contribution in [3.05, 3.63) is 29.8 Å². The van der Waals surface area contributed by atoms with E-state index in [0.717, 1.165) is 32.0 Å². The molecule has 28 heavy (non-hydrogen) atoms. The van der Waals surface area contributed by atoms with Crippen LogP contribution in [0.25, 0.3) is 0 Å². The molecule has 0 N–H and O–H groups in total. The van der Waals surface area contributed by atoms with Crippen LogP contribution in [-0.2, 0) is 19.5 Å². The van der Waals surface area contributed by atoms with E-state index in [2.05, 4.69) is 35.7 Å². The van der Waals surface area contributed by atoms with Gasteiger partial charge in [0.2, 0.25) is 5.88 Å². The molecule has 2 fully saturated rings. The molecular weight excluding hydrogens is 352 g/mol. The Hall–Kier alpha value is -2.15. The van der Waals surface area contributed by atoms with Crippen LogP contribution >= 0.6 is 0 Å². The van der Waals surface area contributed by atoms with Gasteiger partial charge >= 0.3 is 0 Å². The van der Waals surface area contributed by atoms with E-state index in [-0.39, 0.29) is 0 Å². The van der Waals surface area contributed by atoms with Crippen molar-refractivity contribution >= 4 is 5.82 Å². The Labute approximate surface area is 166 Å². The van der Waals surface area contributed by atoms with E-state index in [0.29, 0.717) is 18.0 Å². The SMILES string of the molecule is COc1cc(N(C2CC2)C2CCN(Cc3cnn4c3CCCC4)CC2)ncn1. The third kappa shape index (κ3) is 3.60. The van der Waals surface area contributed by atoms with Crippen molar-refractivity contribution in [2.24, 2.45) is 0 Å². The fraction of sp³-hybridized carbons (Fsp3) is 0.667. The summed E-state index contributed by atoms with van der Waals surface area (Å²) in [5.74, 6) is 1.68. The third-order valence-corrected chi connectivity index (χ3v) is 6.45. The van der Waals surface area contributed by atoms with Crippen molar-refractivity contribution < 1.29 is 4.74 Å². The molecule has 0 aromatic carbocycles. The van der Waals surface area contributed by atoms with Gasteiger partial charge < -0.3 is 9.64 Å². The van der Waals surface area contributed by atoms with Crippen LogP contribution < -0.4 is 9.64 Å². The molecule has 1 saturated heterocycles. The van der Waals surface area contributed by atoms with Crippen molar-refractivity contribution in [2.45, 2.75) is 70.1 Å². The van der Waals surface area contributed by atoms with Gasteiger partial charge in [-0.1, -0.05) is 0 Å². The maximum absolute atomic E-state index is 5.32. The average molecular weight is 383 g/mol. The molecule has 2 aliphatic heterocycles. The zero-order chi connectivity index (χ0) is 18.9. The van der Waals surface area contributed by atoms with Gasteiger partial charge in [0.15, 0.2) is 0 Å². The topological polar surface area (TPSA) is 59.3 Å². The van der Waals surface area contributed by atoms with E-state index in [9.17, 15) is 0 Å². The number of anilines is 1. The first kappa shape index (κ1) is 17.9. The van der Waals surface area contributed by atoms with Gasteiger partial charge in [-0.25, -0.2) is 9.97 Å². The standard InChI is InChI=1S/C21H30N6O/c1-28-21-12-20(22-15-23-21)27(17-5-6-17)18-7-10-25(11-8-18)14-16-13-24-26-9-3-2-4-19(16)26/h12-13,15,17-18H,2-11,14H2,1H3. The molecule has 0 amide bonds. The summed E-state index contributed by atoms with van der Waals surface area (Å²) in [6.07, 6.45) is 12.4. The minimum atomic E-state index is 0.560. The Morgan fingerprint density at radius 3 is 2.68 bits per heavy atom. The maximum Gasteiger partial charge on any atom is 0.218 e. The van der Waals surface area contributed by atoms with Crippen LogP contribution in [0.5, 0.6) is 5.88 Å². The van der Waals surface area contributed by atoms with Gasteiger partial charge in [-0.15, -0.1) is 0 Å². The Bertz CT molecular complexity index is 809. The molecule has 1 saturated carbocycles. The van der Waals surface area contributed by atoms with Crippen LogP contribution in [0.15, 0.2) is 18.6 Å². The molecule has 0 unspecified atom stereocenters. The molecule has 0 atom stereocenters. The summed E-state index contributed by atoms with van der Waals surface area (Å²) in [5, 5.41) is 4.61. The van der Waals surface area contributed by atoms with Crippen LogP contribution in [0.2, 0.25) is 0 Å². The van der Waals surface area contributed by atoms with E-state index >= 15 is 0 Å². The average Bonchev–Trinajstić information content (AvgIpc) is 3.50. The Kier molecular flexibility index (Phi) is 4.93. The predicted molar refractivity (Wildman–Crippen MR) is 108 cm³/mol. The number of likely N-dealkylation sites (tertiary alicyclic amines) is 1. The molecule has 150 valence electrons. The van der Waals surface area contributed by atoms with Gasteiger partial charge in [0, 0.05) is 55.6 Å². The van der Waals surface area contributed by atoms with Crippen LogP contribution in [0, 0.1) is 0 Å². The van der Waals surface area contributed by atoms with Gasteiger partial charge in [0.05, 0.1) is 13.3 Å². The molecule has 7 nitrogen and oxygen atoms in total. The van der Waals surface area contributed by atoms with Crippen molar-refractivity contribution in [3.8, 4) is 5.88 Å². The largest absolute Gasteiger partial charge is 0.481 e. The molecule has 0 spiro atoms. The van der Waals surface area contributed by atoms with E-state index in [1.165, 1.54) is 56.2 Å². The summed E-state index contributed by atoms with van der Waals surface area (Å²) in [4.78, 5) is 13.9. The van der Waals surface area contributed by atoms with Crippen LogP contribution in [0.1, 0.15) is 49.8 Å². The summed E-state index contributed by atoms with van der Waals surface area (Å²) in [5.41, 5.74) is 2.92. The van der Waals surface area contributed by atoms with Crippen molar-refractivity contribution in [1.29, 1.82) is 0 Å². The van der Waals surface area contributed by atoms with Gasteiger partial charge in [-0.3, -0.25) is 9.58 Å². The van der Waals surface area contributed by atoms with Crippen molar-refractivity contribution in [2.75, 3.05) is 25.1 Å². The minimum Gasteiger partial charge on any atom is -0.481 e. The zero-order valence-electron chi connectivity index (χ0n) is 16.8. The number of aromatic nitrogens is 4. The molecule has 2 aromatic rings. The minimum absolute atomic E-state index is 0.560. The van der Waals surface area contributed by atoms with Crippen LogP contribution in [0.3, 0.4) is 0 Å². The lowest BCUT2D eigenvalue weighted by Crippen LogP contribution is -2.46. The number of aryl methyl sites for hydroxylation is 1. The summed E-state index contributed by atoms with van der Waals surface area (Å²) in [7, 11) is 1.67. The highest BCUT2D eigenvalue weighted by molar-refractivity contribution is 5.45. The molecule has 7 heteroatoms. The lowest BCUT2D eigenvalue weighted by Gasteiger charge is -2.39. The number of rotatable bonds is 6. The maximum atomic E-state index is 5.32. The number of hydrogen-bond donors (Lipinski definition) is 0. The normalized spacial score (nSPS) is 20.8. The number of nitrogens with zero attached hydrogens (tertiary/aromatic N) is 6. The Morgan fingerprint density at radius 2 is 1.89 bits per heavy atom. The summed E-state index contributed by atoms with van der Waals surface area (Å²) in [6.45, 7) is 4.42. The lowest BCUT2D eigenvalue weighted by molar-refractivity contribution is 0.199. The monoisotopic (exact) mass is 382 g/mol. The first-order valence-corrected chi connectivity index (χ1v) is 10.7. The summed E-state index contributed by atoms with van der Waals surface area (Å²) < 4.78 is 7.54.